The number of nitrogens with two attached hydrogens (primary N) is 1. The van der Waals surface area contributed by atoms with E-state index in [9.17, 15) is 9.59 Å². The molecule has 138 valence electrons. The number of carbonyl (C=O) groups excluding carboxylic acids is 2. The van der Waals surface area contributed by atoms with Crippen LogP contribution in [0.25, 0.3) is 0 Å². The van der Waals surface area contributed by atoms with Crippen LogP contribution in [-0.2, 0) is 16.1 Å². The molecule has 0 saturated carbocycles. The highest BCUT2D eigenvalue weighted by molar-refractivity contribution is 5.78. The van der Waals surface area contributed by atoms with Crippen LogP contribution in [0, 0.1) is 11.8 Å². The minimum Gasteiger partial charge on any atom is -0.484 e. The lowest BCUT2D eigenvalue weighted by Crippen LogP contribution is -2.50. The maximum absolute atomic E-state index is 12.1. The first kappa shape index (κ1) is 19.2. The van der Waals surface area contributed by atoms with Crippen molar-refractivity contribution in [3.63, 3.8) is 0 Å². The van der Waals surface area contributed by atoms with Gasteiger partial charge in [0.25, 0.3) is 5.91 Å². The Bertz CT molecular complexity index is 586. The number of benzene rings is 1. The molecule has 1 aromatic carbocycles. The van der Waals surface area contributed by atoms with E-state index in [1.807, 2.05) is 43.0 Å². The van der Waals surface area contributed by atoms with E-state index in [0.717, 1.165) is 31.6 Å². The van der Waals surface area contributed by atoms with Gasteiger partial charge in [-0.2, -0.15) is 0 Å². The van der Waals surface area contributed by atoms with E-state index in [2.05, 4.69) is 12.2 Å². The van der Waals surface area contributed by atoms with Crippen molar-refractivity contribution in [2.24, 2.45) is 17.6 Å². The summed E-state index contributed by atoms with van der Waals surface area (Å²) in [6.07, 6.45) is 0.972. The third-order valence-electron chi connectivity index (χ3n) is 4.58. The molecule has 6 heteroatoms. The fourth-order valence-corrected chi connectivity index (χ4v) is 3.12. The first-order chi connectivity index (χ1) is 11.9. The summed E-state index contributed by atoms with van der Waals surface area (Å²) >= 11 is 0. The molecule has 25 heavy (non-hydrogen) atoms. The van der Waals surface area contributed by atoms with Gasteiger partial charge in [0.1, 0.15) is 5.75 Å². The van der Waals surface area contributed by atoms with Crippen LogP contribution in [0.2, 0.25) is 0 Å². The number of piperidine rings is 1. The van der Waals surface area contributed by atoms with E-state index in [1.165, 1.54) is 0 Å². The lowest BCUT2D eigenvalue weighted by atomic mass is 9.93. The van der Waals surface area contributed by atoms with Gasteiger partial charge in [-0.1, -0.05) is 32.9 Å². The van der Waals surface area contributed by atoms with Gasteiger partial charge in [0.15, 0.2) is 6.61 Å². The number of nitrogens with one attached hydrogen (secondary N) is 1. The lowest BCUT2D eigenvalue weighted by Gasteiger charge is -2.38. The number of primary amides is 1. The van der Waals surface area contributed by atoms with Crippen molar-refractivity contribution in [3.05, 3.63) is 29.8 Å². The van der Waals surface area contributed by atoms with Crippen LogP contribution in [-0.4, -0.2) is 42.5 Å². The molecule has 0 aromatic heterocycles. The van der Waals surface area contributed by atoms with Crippen molar-refractivity contribution in [1.82, 2.24) is 10.2 Å². The quantitative estimate of drug-likeness (QED) is 0.783. The Morgan fingerprint density at radius 2 is 2.00 bits per heavy atom. The van der Waals surface area contributed by atoms with Crippen molar-refractivity contribution < 1.29 is 14.3 Å². The summed E-state index contributed by atoms with van der Waals surface area (Å²) in [6.45, 7) is 8.39. The van der Waals surface area contributed by atoms with Crippen molar-refractivity contribution in [3.8, 4) is 5.75 Å². The second kappa shape index (κ2) is 8.85. The van der Waals surface area contributed by atoms with Gasteiger partial charge in [0.2, 0.25) is 5.91 Å². The van der Waals surface area contributed by atoms with Crippen LogP contribution in [0.3, 0.4) is 0 Å². The zero-order valence-electron chi connectivity index (χ0n) is 15.3. The predicted octanol–water partition coefficient (Wildman–Crippen LogP) is 1.53. The molecule has 1 aromatic rings. The van der Waals surface area contributed by atoms with Gasteiger partial charge in [-0.05, 0) is 30.0 Å². The SMILES string of the molecule is CC(C)C(=O)N1CC[C@H](NCc2ccc(OCC(N)=O)cc2)[C@H](C)C1. The first-order valence-electron chi connectivity index (χ1n) is 8.89. The molecule has 1 fully saturated rings. The van der Waals surface area contributed by atoms with Crippen LogP contribution in [0.1, 0.15) is 32.8 Å². The summed E-state index contributed by atoms with van der Waals surface area (Å²) in [5, 5.41) is 3.59. The van der Waals surface area contributed by atoms with E-state index in [1.54, 1.807) is 0 Å². The van der Waals surface area contributed by atoms with E-state index in [-0.39, 0.29) is 18.4 Å². The van der Waals surface area contributed by atoms with Crippen molar-refractivity contribution in [1.29, 1.82) is 0 Å². The molecule has 2 amide bonds. The molecule has 1 saturated heterocycles. The summed E-state index contributed by atoms with van der Waals surface area (Å²) < 4.78 is 5.26. The van der Waals surface area contributed by atoms with Crippen LogP contribution in [0.15, 0.2) is 24.3 Å². The number of amides is 2. The molecular formula is C19H29N3O3. The largest absolute Gasteiger partial charge is 0.484 e. The molecule has 3 N–H and O–H groups in total. The monoisotopic (exact) mass is 347 g/mol. The summed E-state index contributed by atoms with van der Waals surface area (Å²) in [4.78, 5) is 24.8. The zero-order valence-corrected chi connectivity index (χ0v) is 15.3. The Morgan fingerprint density at radius 1 is 1.32 bits per heavy atom. The number of hydrogen-bond donors (Lipinski definition) is 2. The lowest BCUT2D eigenvalue weighted by molar-refractivity contribution is -0.136. The van der Waals surface area contributed by atoms with E-state index in [0.29, 0.717) is 17.7 Å². The Morgan fingerprint density at radius 3 is 2.56 bits per heavy atom. The van der Waals surface area contributed by atoms with Crippen LogP contribution in [0.5, 0.6) is 5.75 Å². The molecule has 6 nitrogen and oxygen atoms in total. The topological polar surface area (TPSA) is 84.7 Å². The summed E-state index contributed by atoms with van der Waals surface area (Å²) in [7, 11) is 0. The van der Waals surface area contributed by atoms with Gasteiger partial charge < -0.3 is 20.7 Å². The van der Waals surface area contributed by atoms with Gasteiger partial charge in [-0.3, -0.25) is 9.59 Å². The number of rotatable bonds is 7. The van der Waals surface area contributed by atoms with Gasteiger partial charge in [0.05, 0.1) is 0 Å². The summed E-state index contributed by atoms with van der Waals surface area (Å²) in [5.41, 5.74) is 6.21. The molecule has 0 unspecified atom stereocenters. The number of hydrogen-bond acceptors (Lipinski definition) is 4. The molecule has 2 atom stereocenters. The van der Waals surface area contributed by atoms with E-state index in [4.69, 9.17) is 10.5 Å². The molecule has 0 aliphatic carbocycles. The number of nitrogens with zero attached hydrogens (tertiary/aromatic N) is 1. The minimum atomic E-state index is -0.484. The highest BCUT2D eigenvalue weighted by atomic mass is 16.5. The van der Waals surface area contributed by atoms with Crippen molar-refractivity contribution in [2.75, 3.05) is 19.7 Å². The fraction of sp³-hybridized carbons (Fsp3) is 0.579. The Labute approximate surface area is 149 Å². The third kappa shape index (κ3) is 5.74. The highest BCUT2D eigenvalue weighted by Gasteiger charge is 2.29. The molecular weight excluding hydrogens is 318 g/mol. The molecule has 0 radical (unpaired) electrons. The van der Waals surface area contributed by atoms with Gasteiger partial charge in [0, 0.05) is 31.6 Å². The molecule has 1 heterocycles. The van der Waals surface area contributed by atoms with E-state index >= 15 is 0 Å². The Hall–Kier alpha value is -2.08. The van der Waals surface area contributed by atoms with Gasteiger partial charge in [-0.25, -0.2) is 0 Å². The molecule has 1 aliphatic rings. The molecule has 2 rings (SSSR count). The number of ether oxygens (including phenoxy) is 1. The van der Waals surface area contributed by atoms with Gasteiger partial charge in [-0.15, -0.1) is 0 Å². The van der Waals surface area contributed by atoms with Crippen molar-refractivity contribution >= 4 is 11.8 Å². The maximum atomic E-state index is 12.1. The van der Waals surface area contributed by atoms with Crippen LogP contribution in [0.4, 0.5) is 0 Å². The number of carbonyl (C=O) groups is 2. The zero-order chi connectivity index (χ0) is 18.4. The third-order valence-corrected chi connectivity index (χ3v) is 4.58. The Kier molecular flexibility index (Phi) is 6.82. The van der Waals surface area contributed by atoms with E-state index < -0.39 is 5.91 Å². The molecule has 0 bridgehead atoms. The average molecular weight is 347 g/mol. The fourth-order valence-electron chi connectivity index (χ4n) is 3.12. The average Bonchev–Trinajstić information content (AvgIpc) is 2.59. The molecule has 1 aliphatic heterocycles. The normalized spacial score (nSPS) is 20.6. The van der Waals surface area contributed by atoms with Crippen molar-refractivity contribution in [2.45, 2.75) is 39.8 Å². The smallest absolute Gasteiger partial charge is 0.255 e. The predicted molar refractivity (Wildman–Crippen MR) is 97.0 cm³/mol. The number of likely N-dealkylation sites (tertiary alicyclic amines) is 1. The molecule has 0 spiro atoms. The van der Waals surface area contributed by atoms with Crippen LogP contribution < -0.4 is 15.8 Å². The Balaban J connectivity index is 1.79. The summed E-state index contributed by atoms with van der Waals surface area (Å²) in [5.74, 6) is 0.886. The second-order valence-corrected chi connectivity index (χ2v) is 7.09. The van der Waals surface area contributed by atoms with Crippen LogP contribution >= 0.6 is 0 Å². The van der Waals surface area contributed by atoms with Gasteiger partial charge >= 0.3 is 0 Å². The minimum absolute atomic E-state index is 0.0620. The summed E-state index contributed by atoms with van der Waals surface area (Å²) in [6, 6.07) is 8.04. The maximum Gasteiger partial charge on any atom is 0.255 e. The first-order valence-corrected chi connectivity index (χ1v) is 8.89. The highest BCUT2D eigenvalue weighted by Crippen LogP contribution is 2.19. The standard InChI is InChI=1S/C19H29N3O3/c1-13(2)19(24)22-9-8-17(14(3)11-22)21-10-15-4-6-16(7-5-15)25-12-18(20)23/h4-7,13-14,17,21H,8-12H2,1-3H3,(H2,20,23)/t14-,17+/m1/s1. The second-order valence-electron chi connectivity index (χ2n) is 7.09.